The van der Waals surface area contributed by atoms with E-state index >= 15 is 0 Å². The highest BCUT2D eigenvalue weighted by Crippen LogP contribution is 2.26. The van der Waals surface area contributed by atoms with Crippen molar-refractivity contribution in [3.8, 4) is 0 Å². The number of nitrogens with one attached hydrogen (secondary N) is 1. The average molecular weight is 478 g/mol. The maximum absolute atomic E-state index is 13.5. The summed E-state index contributed by atoms with van der Waals surface area (Å²) < 4.78 is 28.2. The van der Waals surface area contributed by atoms with Crippen LogP contribution in [0.2, 0.25) is 0 Å². The molecular weight excluding hydrogens is 446 g/mol. The standard InChI is InChI=1S/C27H31N3O3S/c1-21-17-22(2)19-25(18-21)30(34(32,33)26-9-5-3-6-10-26)20-27(31)28-23-11-13-24(14-12-23)29-15-7-4-8-16-29/h3,5-6,9-14,17-19H,4,7-8,15-16,20H2,1-2H3,(H,28,31). The Kier molecular flexibility index (Phi) is 7.22. The summed E-state index contributed by atoms with van der Waals surface area (Å²) in [6.45, 7) is 5.59. The molecule has 1 amide bonds. The third kappa shape index (κ3) is 5.59. The van der Waals surface area contributed by atoms with E-state index in [2.05, 4.69) is 10.2 Å². The van der Waals surface area contributed by atoms with Gasteiger partial charge in [0.15, 0.2) is 0 Å². The van der Waals surface area contributed by atoms with Crippen LogP contribution in [0.1, 0.15) is 30.4 Å². The largest absolute Gasteiger partial charge is 0.372 e. The minimum Gasteiger partial charge on any atom is -0.372 e. The Hall–Kier alpha value is -3.32. The van der Waals surface area contributed by atoms with E-state index < -0.39 is 15.9 Å². The summed E-state index contributed by atoms with van der Waals surface area (Å²) in [6.07, 6.45) is 3.67. The van der Waals surface area contributed by atoms with E-state index in [1.165, 1.54) is 23.6 Å². The maximum Gasteiger partial charge on any atom is 0.264 e. The van der Waals surface area contributed by atoms with Gasteiger partial charge in [-0.15, -0.1) is 0 Å². The zero-order chi connectivity index (χ0) is 24.1. The zero-order valence-corrected chi connectivity index (χ0v) is 20.5. The van der Waals surface area contributed by atoms with Crippen LogP contribution in [0.25, 0.3) is 0 Å². The molecule has 1 heterocycles. The Morgan fingerprint density at radius 3 is 2.12 bits per heavy atom. The number of hydrogen-bond donors (Lipinski definition) is 1. The van der Waals surface area contributed by atoms with E-state index in [1.54, 1.807) is 42.5 Å². The van der Waals surface area contributed by atoms with E-state index in [9.17, 15) is 13.2 Å². The number of amides is 1. The van der Waals surface area contributed by atoms with Crippen LogP contribution in [-0.2, 0) is 14.8 Å². The smallest absolute Gasteiger partial charge is 0.264 e. The molecule has 4 rings (SSSR count). The van der Waals surface area contributed by atoms with Crippen molar-refractivity contribution in [1.29, 1.82) is 0 Å². The average Bonchev–Trinajstić information content (AvgIpc) is 2.83. The lowest BCUT2D eigenvalue weighted by Gasteiger charge is -2.29. The van der Waals surface area contributed by atoms with Gasteiger partial charge in [-0.2, -0.15) is 0 Å². The van der Waals surface area contributed by atoms with E-state index in [4.69, 9.17) is 0 Å². The van der Waals surface area contributed by atoms with Crippen LogP contribution >= 0.6 is 0 Å². The van der Waals surface area contributed by atoms with Gasteiger partial charge in [-0.05, 0) is 92.8 Å². The van der Waals surface area contributed by atoms with Crippen molar-refractivity contribution < 1.29 is 13.2 Å². The monoisotopic (exact) mass is 477 g/mol. The quantitative estimate of drug-likeness (QED) is 0.512. The molecule has 3 aromatic carbocycles. The molecule has 0 spiro atoms. The van der Waals surface area contributed by atoms with Crippen molar-refractivity contribution in [2.24, 2.45) is 0 Å². The molecule has 0 atom stereocenters. The first kappa shape index (κ1) is 23.8. The number of aryl methyl sites for hydroxylation is 2. The van der Waals surface area contributed by atoms with Crippen LogP contribution in [0, 0.1) is 13.8 Å². The van der Waals surface area contributed by atoms with Crippen molar-refractivity contribution in [1.82, 2.24) is 0 Å². The van der Waals surface area contributed by atoms with Crippen LogP contribution in [-0.4, -0.2) is 34.0 Å². The molecule has 0 bridgehead atoms. The molecule has 0 radical (unpaired) electrons. The molecule has 1 N–H and O–H groups in total. The second-order valence-electron chi connectivity index (χ2n) is 8.81. The number of hydrogen-bond acceptors (Lipinski definition) is 4. The molecule has 1 fully saturated rings. The Bertz CT molecular complexity index is 1220. The minimum atomic E-state index is -3.93. The fourth-order valence-electron chi connectivity index (χ4n) is 4.37. The number of rotatable bonds is 7. The zero-order valence-electron chi connectivity index (χ0n) is 19.7. The third-order valence-corrected chi connectivity index (χ3v) is 7.77. The van der Waals surface area contributed by atoms with Gasteiger partial charge >= 0.3 is 0 Å². The van der Waals surface area contributed by atoms with Gasteiger partial charge in [-0.3, -0.25) is 9.10 Å². The lowest BCUT2D eigenvalue weighted by molar-refractivity contribution is -0.114. The van der Waals surface area contributed by atoms with Crippen molar-refractivity contribution in [3.05, 3.63) is 83.9 Å². The predicted octanol–water partition coefficient (Wildman–Crippen LogP) is 5.13. The van der Waals surface area contributed by atoms with Gasteiger partial charge in [0.05, 0.1) is 10.6 Å². The Morgan fingerprint density at radius 2 is 1.50 bits per heavy atom. The van der Waals surface area contributed by atoms with Crippen molar-refractivity contribution in [3.63, 3.8) is 0 Å². The summed E-state index contributed by atoms with van der Waals surface area (Å²) in [6, 6.07) is 21.5. The van der Waals surface area contributed by atoms with Crippen molar-refractivity contribution in [2.45, 2.75) is 38.0 Å². The van der Waals surface area contributed by atoms with Gasteiger partial charge in [-0.1, -0.05) is 24.3 Å². The normalized spacial score (nSPS) is 14.0. The number of sulfonamides is 1. The summed E-state index contributed by atoms with van der Waals surface area (Å²) in [7, 11) is -3.93. The van der Waals surface area contributed by atoms with E-state index in [0.717, 1.165) is 29.9 Å². The predicted molar refractivity (Wildman–Crippen MR) is 138 cm³/mol. The molecule has 3 aromatic rings. The first-order valence-corrected chi connectivity index (χ1v) is 13.1. The molecule has 34 heavy (non-hydrogen) atoms. The highest BCUT2D eigenvalue weighted by molar-refractivity contribution is 7.92. The number of carbonyl (C=O) groups is 1. The molecular formula is C27H31N3O3S. The first-order valence-electron chi connectivity index (χ1n) is 11.6. The van der Waals surface area contributed by atoms with Gasteiger partial charge in [0.2, 0.25) is 5.91 Å². The molecule has 1 saturated heterocycles. The summed E-state index contributed by atoms with van der Waals surface area (Å²) in [5.41, 5.74) is 4.11. The minimum absolute atomic E-state index is 0.146. The van der Waals surface area contributed by atoms with E-state index in [0.29, 0.717) is 11.4 Å². The molecule has 1 aliphatic heterocycles. The lowest BCUT2D eigenvalue weighted by Crippen LogP contribution is -2.38. The summed E-state index contributed by atoms with van der Waals surface area (Å²) in [5, 5.41) is 2.86. The Morgan fingerprint density at radius 1 is 0.882 bits per heavy atom. The lowest BCUT2D eigenvalue weighted by atomic mass is 10.1. The molecule has 1 aliphatic rings. The number of nitrogens with zero attached hydrogens (tertiary/aromatic N) is 2. The number of piperidine rings is 1. The van der Waals surface area contributed by atoms with E-state index in [1.807, 2.05) is 44.2 Å². The molecule has 6 nitrogen and oxygen atoms in total. The molecule has 0 saturated carbocycles. The van der Waals surface area contributed by atoms with Gasteiger partial charge < -0.3 is 10.2 Å². The number of anilines is 3. The Labute approximate surface area is 202 Å². The van der Waals surface area contributed by atoms with Crippen LogP contribution in [0.15, 0.2) is 77.7 Å². The fraction of sp³-hybridized carbons (Fsp3) is 0.296. The van der Waals surface area contributed by atoms with Crippen molar-refractivity contribution >= 4 is 33.0 Å². The fourth-order valence-corrected chi connectivity index (χ4v) is 5.79. The molecule has 0 unspecified atom stereocenters. The third-order valence-electron chi connectivity index (χ3n) is 5.99. The number of benzene rings is 3. The second kappa shape index (κ2) is 10.3. The highest BCUT2D eigenvalue weighted by Gasteiger charge is 2.27. The van der Waals surface area contributed by atoms with Crippen LogP contribution in [0.5, 0.6) is 0 Å². The van der Waals surface area contributed by atoms with Gasteiger partial charge in [0.25, 0.3) is 10.0 Å². The number of carbonyl (C=O) groups excluding carboxylic acids is 1. The SMILES string of the molecule is Cc1cc(C)cc(N(CC(=O)Nc2ccc(N3CCCCC3)cc2)S(=O)(=O)c2ccccc2)c1. The summed E-state index contributed by atoms with van der Waals surface area (Å²) >= 11 is 0. The maximum atomic E-state index is 13.5. The van der Waals surface area contributed by atoms with Crippen LogP contribution in [0.3, 0.4) is 0 Å². The first-order chi connectivity index (χ1) is 16.3. The molecule has 7 heteroatoms. The summed E-state index contributed by atoms with van der Waals surface area (Å²) in [4.78, 5) is 15.5. The molecule has 178 valence electrons. The topological polar surface area (TPSA) is 69.7 Å². The summed E-state index contributed by atoms with van der Waals surface area (Å²) in [5.74, 6) is -0.399. The molecule has 0 aromatic heterocycles. The van der Waals surface area contributed by atoms with E-state index in [-0.39, 0.29) is 11.4 Å². The van der Waals surface area contributed by atoms with Crippen molar-refractivity contribution in [2.75, 3.05) is 34.2 Å². The van der Waals surface area contributed by atoms with Gasteiger partial charge in [0.1, 0.15) is 6.54 Å². The van der Waals surface area contributed by atoms with Crippen LogP contribution < -0.4 is 14.5 Å². The van der Waals surface area contributed by atoms with Crippen LogP contribution in [0.4, 0.5) is 17.1 Å². The van der Waals surface area contributed by atoms with Gasteiger partial charge in [0, 0.05) is 24.5 Å². The van der Waals surface area contributed by atoms with Gasteiger partial charge in [-0.25, -0.2) is 8.42 Å². The second-order valence-corrected chi connectivity index (χ2v) is 10.7. The molecule has 0 aliphatic carbocycles. The highest BCUT2D eigenvalue weighted by atomic mass is 32.2. The Balaban J connectivity index is 1.56.